The van der Waals surface area contributed by atoms with Gasteiger partial charge in [-0.15, -0.1) is 11.3 Å². The van der Waals surface area contributed by atoms with Crippen molar-refractivity contribution >= 4 is 33.1 Å². The Kier molecular flexibility index (Phi) is 5.16. The molecule has 0 unspecified atom stereocenters. The average molecular weight is 354 g/mol. The van der Waals surface area contributed by atoms with Gasteiger partial charge in [-0.2, -0.15) is 0 Å². The maximum absolute atomic E-state index is 4.75. The van der Waals surface area contributed by atoms with E-state index in [-0.39, 0.29) is 0 Å². The molecule has 0 spiro atoms. The van der Waals surface area contributed by atoms with E-state index in [4.69, 9.17) is 4.98 Å². The molecule has 2 heterocycles. The number of aromatic nitrogens is 2. The molecule has 0 fully saturated rings. The van der Waals surface area contributed by atoms with Crippen molar-refractivity contribution in [3.8, 4) is 10.7 Å². The van der Waals surface area contributed by atoms with Crippen LogP contribution in [0.15, 0.2) is 16.6 Å². The van der Waals surface area contributed by atoms with Crippen molar-refractivity contribution in [2.75, 3.05) is 11.9 Å². The van der Waals surface area contributed by atoms with Gasteiger partial charge in [-0.05, 0) is 47.3 Å². The van der Waals surface area contributed by atoms with Gasteiger partial charge in [0.05, 0.1) is 15.0 Å². The fraction of sp³-hybridized carbons (Fsp3) is 0.467. The minimum absolute atomic E-state index is 0.356. The van der Waals surface area contributed by atoms with Crippen LogP contribution in [0.5, 0.6) is 0 Å². The minimum Gasteiger partial charge on any atom is -0.369 e. The largest absolute Gasteiger partial charge is 0.369 e. The summed E-state index contributed by atoms with van der Waals surface area (Å²) < 4.78 is 0.977. The average Bonchev–Trinajstić information content (AvgIpc) is 2.89. The van der Waals surface area contributed by atoms with Crippen LogP contribution in [0.3, 0.4) is 0 Å². The maximum Gasteiger partial charge on any atom is 0.171 e. The van der Waals surface area contributed by atoms with Gasteiger partial charge in [0.15, 0.2) is 5.82 Å². The lowest BCUT2D eigenvalue weighted by atomic mass is 10.1. The van der Waals surface area contributed by atoms with Crippen molar-refractivity contribution in [3.05, 3.63) is 27.2 Å². The van der Waals surface area contributed by atoms with Crippen LogP contribution in [-0.2, 0) is 6.42 Å². The second kappa shape index (κ2) is 6.68. The van der Waals surface area contributed by atoms with Crippen LogP contribution in [0, 0.1) is 0 Å². The van der Waals surface area contributed by atoms with E-state index in [2.05, 4.69) is 66.1 Å². The van der Waals surface area contributed by atoms with Crippen LogP contribution in [0.1, 0.15) is 44.2 Å². The van der Waals surface area contributed by atoms with Crippen LogP contribution in [0.4, 0.5) is 5.82 Å². The van der Waals surface area contributed by atoms with Gasteiger partial charge in [0.2, 0.25) is 0 Å². The Morgan fingerprint density at radius 1 is 1.25 bits per heavy atom. The van der Waals surface area contributed by atoms with E-state index >= 15 is 0 Å². The minimum atomic E-state index is 0.356. The third kappa shape index (κ3) is 3.20. The fourth-order valence-electron chi connectivity index (χ4n) is 1.93. The predicted molar refractivity (Wildman–Crippen MR) is 90.7 cm³/mol. The van der Waals surface area contributed by atoms with Gasteiger partial charge in [0.25, 0.3) is 0 Å². The van der Waals surface area contributed by atoms with Gasteiger partial charge in [0, 0.05) is 11.4 Å². The highest BCUT2D eigenvalue weighted by molar-refractivity contribution is 9.10. The monoisotopic (exact) mass is 353 g/mol. The van der Waals surface area contributed by atoms with Gasteiger partial charge >= 0.3 is 0 Å². The van der Waals surface area contributed by atoms with Gasteiger partial charge in [0.1, 0.15) is 5.82 Å². The number of hydrogen-bond acceptors (Lipinski definition) is 4. The molecule has 3 nitrogen and oxygen atoms in total. The van der Waals surface area contributed by atoms with Crippen molar-refractivity contribution in [1.29, 1.82) is 0 Å². The predicted octanol–water partition coefficient (Wildman–Crippen LogP) is 5.09. The Morgan fingerprint density at radius 2 is 2.00 bits per heavy atom. The Labute approximate surface area is 133 Å². The first-order chi connectivity index (χ1) is 9.56. The lowest BCUT2D eigenvalue weighted by Crippen LogP contribution is -2.06. The molecule has 0 saturated heterocycles. The molecule has 0 aliphatic rings. The number of nitrogens with one attached hydrogen (secondary N) is 1. The lowest BCUT2D eigenvalue weighted by molar-refractivity contribution is 0.810. The molecule has 0 bridgehead atoms. The zero-order chi connectivity index (χ0) is 14.7. The molecular weight excluding hydrogens is 334 g/mol. The van der Waals surface area contributed by atoms with E-state index in [1.165, 1.54) is 4.88 Å². The molecule has 0 radical (unpaired) electrons. The zero-order valence-corrected chi connectivity index (χ0v) is 14.7. The molecule has 0 aromatic carbocycles. The Hall–Kier alpha value is -0.940. The molecule has 0 aliphatic heterocycles. The maximum atomic E-state index is 4.75. The van der Waals surface area contributed by atoms with E-state index in [9.17, 15) is 0 Å². The molecule has 2 rings (SSSR count). The molecule has 0 saturated carbocycles. The number of hydrogen-bond donors (Lipinski definition) is 1. The number of aryl methyl sites for hydroxylation is 1. The SMILES string of the molecule is CCNc1nc(-c2ccc(CC)s2)nc(C(C)C)c1Br. The van der Waals surface area contributed by atoms with E-state index in [0.717, 1.165) is 39.7 Å². The number of halogens is 1. The lowest BCUT2D eigenvalue weighted by Gasteiger charge is -2.13. The van der Waals surface area contributed by atoms with Crippen LogP contribution in [0.25, 0.3) is 10.7 Å². The quantitative estimate of drug-likeness (QED) is 0.813. The van der Waals surface area contributed by atoms with Crippen LogP contribution in [0.2, 0.25) is 0 Å². The number of rotatable bonds is 5. The molecule has 1 N–H and O–H groups in total. The smallest absolute Gasteiger partial charge is 0.171 e. The molecular formula is C15H20BrN3S. The van der Waals surface area contributed by atoms with E-state index < -0.39 is 0 Å². The first-order valence-electron chi connectivity index (χ1n) is 6.97. The van der Waals surface area contributed by atoms with Gasteiger partial charge < -0.3 is 5.32 Å². The summed E-state index contributed by atoms with van der Waals surface area (Å²) in [6, 6.07) is 4.28. The third-order valence-corrected chi connectivity index (χ3v) is 5.01. The highest BCUT2D eigenvalue weighted by Crippen LogP contribution is 2.33. The van der Waals surface area contributed by atoms with Crippen molar-refractivity contribution in [2.24, 2.45) is 0 Å². The molecule has 0 amide bonds. The fourth-order valence-corrected chi connectivity index (χ4v) is 3.59. The summed E-state index contributed by atoms with van der Waals surface area (Å²) in [7, 11) is 0. The molecule has 0 atom stereocenters. The molecule has 2 aromatic rings. The van der Waals surface area contributed by atoms with Gasteiger partial charge in [-0.3, -0.25) is 0 Å². The Balaban J connectivity index is 2.52. The number of anilines is 1. The summed E-state index contributed by atoms with van der Waals surface area (Å²) in [4.78, 5) is 11.9. The zero-order valence-electron chi connectivity index (χ0n) is 12.3. The van der Waals surface area contributed by atoms with Crippen molar-refractivity contribution in [1.82, 2.24) is 9.97 Å². The Bertz CT molecular complexity index is 593. The normalized spacial score (nSPS) is 11.1. The van der Waals surface area contributed by atoms with Crippen molar-refractivity contribution < 1.29 is 0 Å². The topological polar surface area (TPSA) is 37.8 Å². The second-order valence-corrected chi connectivity index (χ2v) is 6.86. The van der Waals surface area contributed by atoms with Crippen molar-refractivity contribution in [2.45, 2.75) is 40.0 Å². The summed E-state index contributed by atoms with van der Waals surface area (Å²) in [6.07, 6.45) is 1.05. The van der Waals surface area contributed by atoms with Gasteiger partial charge in [-0.25, -0.2) is 9.97 Å². The van der Waals surface area contributed by atoms with Crippen LogP contribution >= 0.6 is 27.3 Å². The first kappa shape index (κ1) is 15.4. The van der Waals surface area contributed by atoms with E-state index in [1.54, 1.807) is 11.3 Å². The molecule has 2 aromatic heterocycles. The number of thiophene rings is 1. The molecule has 0 aliphatic carbocycles. The van der Waals surface area contributed by atoms with Crippen molar-refractivity contribution in [3.63, 3.8) is 0 Å². The third-order valence-electron chi connectivity index (χ3n) is 3.00. The standard InChI is InChI=1S/C15H20BrN3S/c1-5-10-7-8-11(20-10)14-18-13(9(3)4)12(16)15(19-14)17-6-2/h7-9H,5-6H2,1-4H3,(H,17,18,19). The summed E-state index contributed by atoms with van der Waals surface area (Å²) in [6.45, 7) is 9.39. The highest BCUT2D eigenvalue weighted by Gasteiger charge is 2.16. The van der Waals surface area contributed by atoms with E-state index in [0.29, 0.717) is 5.92 Å². The van der Waals surface area contributed by atoms with Gasteiger partial charge in [-0.1, -0.05) is 20.8 Å². The molecule has 5 heteroatoms. The Morgan fingerprint density at radius 3 is 2.55 bits per heavy atom. The summed E-state index contributed by atoms with van der Waals surface area (Å²) in [5.74, 6) is 2.05. The van der Waals surface area contributed by atoms with Crippen LogP contribution in [-0.4, -0.2) is 16.5 Å². The number of nitrogens with zero attached hydrogens (tertiary/aromatic N) is 2. The van der Waals surface area contributed by atoms with E-state index in [1.807, 2.05) is 0 Å². The first-order valence-corrected chi connectivity index (χ1v) is 8.58. The second-order valence-electron chi connectivity index (χ2n) is 4.90. The molecule has 20 heavy (non-hydrogen) atoms. The molecule has 108 valence electrons. The van der Waals surface area contributed by atoms with Crippen LogP contribution < -0.4 is 5.32 Å². The summed E-state index contributed by atoms with van der Waals surface area (Å²) in [5, 5.41) is 3.31. The summed E-state index contributed by atoms with van der Waals surface area (Å²) >= 11 is 5.40. The highest BCUT2D eigenvalue weighted by atomic mass is 79.9. The summed E-state index contributed by atoms with van der Waals surface area (Å²) in [5.41, 5.74) is 1.05.